The van der Waals surface area contributed by atoms with Crippen LogP contribution in [0.15, 0.2) is 110 Å². The van der Waals surface area contributed by atoms with E-state index in [9.17, 15) is 4.79 Å². The lowest BCUT2D eigenvalue weighted by atomic mass is 9.70. The maximum Gasteiger partial charge on any atom is 0.142 e. The number of carbonyl (C=O) groups is 2. The highest BCUT2D eigenvalue weighted by atomic mass is 16.1. The molecule has 4 aliphatic rings. The second-order valence-corrected chi connectivity index (χ2v) is 12.1. The van der Waals surface area contributed by atoms with E-state index in [2.05, 4.69) is 105 Å². The molecule has 0 saturated heterocycles. The van der Waals surface area contributed by atoms with Gasteiger partial charge in [-0.15, -0.1) is 6.58 Å². The number of allylic oxidation sites excluding steroid dienone is 2. The largest absolute Gasteiger partial charge is 0.303 e. The van der Waals surface area contributed by atoms with Gasteiger partial charge in [-0.3, -0.25) is 4.79 Å². The normalized spacial score (nSPS) is 19.0. The number of benzene rings is 4. The molecule has 2 unspecified atom stereocenters. The molecule has 0 heterocycles. The number of rotatable bonds is 6. The molecule has 2 atom stereocenters. The van der Waals surface area contributed by atoms with Crippen molar-refractivity contribution in [2.24, 2.45) is 17.8 Å². The van der Waals surface area contributed by atoms with Crippen molar-refractivity contribution >= 4 is 12.6 Å². The van der Waals surface area contributed by atoms with Gasteiger partial charge in [0.2, 0.25) is 0 Å². The fraction of sp³-hybridized carbons (Fsp3) is 0.250. The summed E-state index contributed by atoms with van der Waals surface area (Å²) in [5.74, 6) is 2.18. The van der Waals surface area contributed by atoms with E-state index in [1.54, 1.807) is 0 Å². The van der Waals surface area contributed by atoms with Crippen LogP contribution in [0.1, 0.15) is 59.6 Å². The molecule has 0 radical (unpaired) electrons. The zero-order valence-corrected chi connectivity index (χ0v) is 24.4. The van der Waals surface area contributed by atoms with E-state index in [0.717, 1.165) is 37.4 Å². The SMILES string of the molecule is C=CC=O.C=CCc1ccc2c(c1)C1(c3ccccc3-c3ccccc31)c1cc(CC3CC3C)ccc1-2.O=CC1CC1. The lowest BCUT2D eigenvalue weighted by Crippen LogP contribution is -2.26. The average Bonchev–Trinajstić information content (AvgIpc) is 3.95. The Kier molecular flexibility index (Phi) is 7.64. The van der Waals surface area contributed by atoms with Crippen molar-refractivity contribution in [2.45, 2.75) is 44.4 Å². The number of fused-ring (bicyclic) bond motifs is 10. The highest BCUT2D eigenvalue weighted by Crippen LogP contribution is 2.63. The van der Waals surface area contributed by atoms with Crippen LogP contribution in [0.4, 0.5) is 0 Å². The summed E-state index contributed by atoms with van der Waals surface area (Å²) in [5.41, 5.74) is 13.9. The number of hydrogen-bond acceptors (Lipinski definition) is 2. The van der Waals surface area contributed by atoms with E-state index < -0.39 is 0 Å². The zero-order valence-electron chi connectivity index (χ0n) is 24.4. The predicted octanol–water partition coefficient (Wildman–Crippen LogP) is 8.92. The highest BCUT2D eigenvalue weighted by Gasteiger charge is 2.51. The molecule has 2 fully saturated rings. The van der Waals surface area contributed by atoms with E-state index in [-0.39, 0.29) is 5.41 Å². The first-order valence-corrected chi connectivity index (χ1v) is 15.2. The Morgan fingerprint density at radius 2 is 1.24 bits per heavy atom. The highest BCUT2D eigenvalue weighted by molar-refractivity contribution is 5.95. The fourth-order valence-electron chi connectivity index (χ4n) is 6.87. The fourth-order valence-corrected chi connectivity index (χ4v) is 6.87. The molecule has 2 heteroatoms. The van der Waals surface area contributed by atoms with Crippen LogP contribution in [0, 0.1) is 17.8 Å². The van der Waals surface area contributed by atoms with Gasteiger partial charge >= 0.3 is 0 Å². The Bertz CT molecular complexity index is 1620. The molecule has 0 aromatic heterocycles. The second-order valence-electron chi connectivity index (χ2n) is 12.1. The van der Waals surface area contributed by atoms with Gasteiger partial charge in [-0.05, 0) is 106 Å². The van der Waals surface area contributed by atoms with Gasteiger partial charge in [-0.2, -0.15) is 0 Å². The maximum absolute atomic E-state index is 9.57. The molecule has 4 aliphatic carbocycles. The first-order chi connectivity index (χ1) is 20.6. The summed E-state index contributed by atoms with van der Waals surface area (Å²) in [5, 5.41) is 0. The molecule has 2 nitrogen and oxygen atoms in total. The third-order valence-electron chi connectivity index (χ3n) is 9.28. The molecule has 4 aromatic rings. The van der Waals surface area contributed by atoms with Crippen LogP contribution in [0.5, 0.6) is 0 Å². The Morgan fingerprint density at radius 1 is 0.738 bits per heavy atom. The van der Waals surface area contributed by atoms with Crippen molar-refractivity contribution in [1.29, 1.82) is 0 Å². The summed E-state index contributed by atoms with van der Waals surface area (Å²) in [6.45, 7) is 9.50. The van der Waals surface area contributed by atoms with E-state index in [1.807, 2.05) is 6.08 Å². The first kappa shape index (κ1) is 27.8. The van der Waals surface area contributed by atoms with Gasteiger partial charge < -0.3 is 4.79 Å². The average molecular weight is 551 g/mol. The van der Waals surface area contributed by atoms with Gasteiger partial charge in [-0.1, -0.05) is 105 Å². The minimum atomic E-state index is -0.236. The molecule has 8 rings (SSSR count). The van der Waals surface area contributed by atoms with Crippen LogP contribution in [0.3, 0.4) is 0 Å². The number of aldehydes is 2. The van der Waals surface area contributed by atoms with Crippen LogP contribution < -0.4 is 0 Å². The predicted molar refractivity (Wildman–Crippen MR) is 173 cm³/mol. The van der Waals surface area contributed by atoms with Gasteiger partial charge in [0, 0.05) is 5.92 Å². The minimum Gasteiger partial charge on any atom is -0.303 e. The van der Waals surface area contributed by atoms with Crippen molar-refractivity contribution in [3.63, 3.8) is 0 Å². The van der Waals surface area contributed by atoms with Crippen molar-refractivity contribution in [2.75, 3.05) is 0 Å². The Hall–Kier alpha value is -4.30. The van der Waals surface area contributed by atoms with Gasteiger partial charge in [0.05, 0.1) is 5.41 Å². The maximum atomic E-state index is 9.57. The summed E-state index contributed by atoms with van der Waals surface area (Å²) in [4.78, 5) is 18.6. The number of carbonyl (C=O) groups excluding carboxylic acids is 2. The van der Waals surface area contributed by atoms with Gasteiger partial charge in [-0.25, -0.2) is 0 Å². The van der Waals surface area contributed by atoms with Crippen LogP contribution in [0.2, 0.25) is 0 Å². The molecule has 0 N–H and O–H groups in total. The van der Waals surface area contributed by atoms with Gasteiger partial charge in [0.15, 0.2) is 0 Å². The molecule has 2 saturated carbocycles. The van der Waals surface area contributed by atoms with Crippen LogP contribution >= 0.6 is 0 Å². The standard InChI is InChI=1S/C33H28.C4H6O.C3H4O/c1-3-8-22-13-15-27-28-16-14-23(18-24-17-21(24)2)20-32(28)33(31(27)19-22)29-11-6-4-9-25(29)26-10-5-7-12-30(26)33;5-3-4-1-2-4;1-2-3-4/h3-7,9-16,19-21,24H,1,8,17-18H2,2H3;3-4H,1-2H2;2-3H,1H2. The summed E-state index contributed by atoms with van der Waals surface area (Å²) in [6, 6.07) is 32.6. The third-order valence-corrected chi connectivity index (χ3v) is 9.28. The Balaban J connectivity index is 0.000000305. The molecule has 42 heavy (non-hydrogen) atoms. The zero-order chi connectivity index (χ0) is 29.3. The van der Waals surface area contributed by atoms with Crippen LogP contribution in [-0.4, -0.2) is 12.6 Å². The summed E-state index contributed by atoms with van der Waals surface area (Å²) >= 11 is 0. The lowest BCUT2D eigenvalue weighted by Gasteiger charge is -2.31. The molecular weight excluding hydrogens is 512 g/mol. The van der Waals surface area contributed by atoms with E-state index in [4.69, 9.17) is 4.79 Å². The van der Waals surface area contributed by atoms with E-state index >= 15 is 0 Å². The smallest absolute Gasteiger partial charge is 0.142 e. The van der Waals surface area contributed by atoms with Crippen LogP contribution in [0.25, 0.3) is 22.3 Å². The lowest BCUT2D eigenvalue weighted by molar-refractivity contribution is -0.108. The number of hydrogen-bond donors (Lipinski definition) is 0. The molecule has 4 aromatic carbocycles. The van der Waals surface area contributed by atoms with Gasteiger partial charge in [0.1, 0.15) is 12.6 Å². The monoisotopic (exact) mass is 550 g/mol. The first-order valence-electron chi connectivity index (χ1n) is 15.2. The van der Waals surface area contributed by atoms with Crippen LogP contribution in [-0.2, 0) is 27.8 Å². The van der Waals surface area contributed by atoms with E-state index in [0.29, 0.717) is 12.2 Å². The van der Waals surface area contributed by atoms with E-state index in [1.165, 1.54) is 74.6 Å². The Morgan fingerprint density at radius 3 is 1.69 bits per heavy atom. The van der Waals surface area contributed by atoms with Crippen molar-refractivity contribution in [1.82, 2.24) is 0 Å². The summed E-state index contributed by atoms with van der Waals surface area (Å²) < 4.78 is 0. The van der Waals surface area contributed by atoms with Crippen molar-refractivity contribution in [3.8, 4) is 22.3 Å². The van der Waals surface area contributed by atoms with Crippen molar-refractivity contribution < 1.29 is 9.59 Å². The molecule has 0 aliphatic heterocycles. The minimum absolute atomic E-state index is 0.236. The Labute approximate surface area is 249 Å². The summed E-state index contributed by atoms with van der Waals surface area (Å²) in [7, 11) is 0. The molecule has 1 spiro atoms. The molecule has 0 bridgehead atoms. The second kappa shape index (κ2) is 11.5. The third kappa shape index (κ3) is 4.79. The topological polar surface area (TPSA) is 34.1 Å². The molecule has 210 valence electrons. The molecular formula is C40H38O2. The van der Waals surface area contributed by atoms with Gasteiger partial charge in [0.25, 0.3) is 0 Å². The molecule has 0 amide bonds. The quantitative estimate of drug-likeness (QED) is 0.118. The summed E-state index contributed by atoms with van der Waals surface area (Å²) in [6.07, 6.45) is 10.6. The van der Waals surface area contributed by atoms with Crippen molar-refractivity contribution in [3.05, 3.63) is 144 Å².